The van der Waals surface area contributed by atoms with Gasteiger partial charge in [-0.2, -0.15) is 0 Å². The summed E-state index contributed by atoms with van der Waals surface area (Å²) in [7, 11) is 0. The first kappa shape index (κ1) is 9.65. The van der Waals surface area contributed by atoms with Gasteiger partial charge in [-0.05, 0) is 12.5 Å². The monoisotopic (exact) mass is 201 g/mol. The summed E-state index contributed by atoms with van der Waals surface area (Å²) in [5.41, 5.74) is 1.23. The van der Waals surface area contributed by atoms with Crippen molar-refractivity contribution < 1.29 is 9.90 Å². The minimum absolute atomic E-state index is 0.230. The van der Waals surface area contributed by atoms with Gasteiger partial charge in [0.2, 0.25) is 5.78 Å². The van der Waals surface area contributed by atoms with E-state index >= 15 is 0 Å². The molecule has 3 heteroatoms. The predicted molar refractivity (Wildman–Crippen MR) is 58.0 cm³/mol. The Morgan fingerprint density at radius 3 is 2.60 bits per heavy atom. The number of rotatable bonds is 1. The molecule has 3 nitrogen and oxygen atoms in total. The van der Waals surface area contributed by atoms with Crippen molar-refractivity contribution in [2.45, 2.75) is 12.8 Å². The Labute approximate surface area is 87.8 Å². The highest BCUT2D eigenvalue weighted by Crippen LogP contribution is 2.23. The molecule has 0 radical (unpaired) electrons. The highest BCUT2D eigenvalue weighted by atomic mass is 16.3. The lowest BCUT2D eigenvalue weighted by molar-refractivity contribution is -0.118. The first-order valence-corrected chi connectivity index (χ1v) is 4.73. The third kappa shape index (κ3) is 1.68. The van der Waals surface area contributed by atoms with E-state index in [4.69, 9.17) is 0 Å². The van der Waals surface area contributed by atoms with E-state index in [-0.39, 0.29) is 11.5 Å². The third-order valence-electron chi connectivity index (χ3n) is 2.43. The van der Waals surface area contributed by atoms with E-state index in [2.05, 4.69) is 4.99 Å². The fraction of sp³-hybridized carbons (Fsp3) is 0.167. The summed E-state index contributed by atoms with van der Waals surface area (Å²) in [4.78, 5) is 15.7. The number of aliphatic hydroxyl groups excluding tert-OH is 1. The molecule has 0 bridgehead atoms. The van der Waals surface area contributed by atoms with Crippen molar-refractivity contribution in [2.75, 3.05) is 0 Å². The number of hydrogen-bond donors (Lipinski definition) is 1. The first-order chi connectivity index (χ1) is 7.20. The molecule has 1 unspecified atom stereocenters. The van der Waals surface area contributed by atoms with Crippen LogP contribution in [0.1, 0.15) is 18.4 Å². The fourth-order valence-corrected chi connectivity index (χ4v) is 1.54. The molecule has 1 atom stereocenters. The van der Waals surface area contributed by atoms with Crippen molar-refractivity contribution in [1.29, 1.82) is 0 Å². The number of allylic oxidation sites excluding steroid dienone is 2. The van der Waals surface area contributed by atoms with Gasteiger partial charge in [0.15, 0.2) is 5.76 Å². The summed E-state index contributed by atoms with van der Waals surface area (Å²) < 4.78 is 0. The number of ketones is 1. The molecule has 0 aromatic heterocycles. The number of aliphatic hydroxyl groups is 1. The molecular formula is C12H11NO2. The summed E-state index contributed by atoms with van der Waals surface area (Å²) in [5, 5.41) is 9.49. The van der Waals surface area contributed by atoms with Crippen LogP contribution in [0.15, 0.2) is 46.8 Å². The number of aliphatic imine (C=N–C) groups is 1. The smallest absolute Gasteiger partial charge is 0.211 e. The van der Waals surface area contributed by atoms with Crippen LogP contribution in [0.5, 0.6) is 0 Å². The van der Waals surface area contributed by atoms with Crippen LogP contribution in [0, 0.1) is 0 Å². The lowest BCUT2D eigenvalue weighted by Gasteiger charge is -2.15. The second-order valence-electron chi connectivity index (χ2n) is 3.46. The summed E-state index contributed by atoms with van der Waals surface area (Å²) in [6, 6.07) is 9.30. The van der Waals surface area contributed by atoms with Crippen molar-refractivity contribution in [3.05, 3.63) is 47.4 Å². The topological polar surface area (TPSA) is 49.7 Å². The van der Waals surface area contributed by atoms with Crippen LogP contribution in [-0.4, -0.2) is 17.1 Å². The van der Waals surface area contributed by atoms with Crippen LogP contribution < -0.4 is 0 Å². The van der Waals surface area contributed by atoms with Crippen molar-refractivity contribution in [3.8, 4) is 0 Å². The molecule has 1 N–H and O–H groups in total. The maximum atomic E-state index is 11.7. The quantitative estimate of drug-likeness (QED) is 0.757. The van der Waals surface area contributed by atoms with E-state index in [0.29, 0.717) is 5.70 Å². The first-order valence-electron chi connectivity index (χ1n) is 4.73. The molecule has 0 amide bonds. The molecule has 1 aromatic carbocycles. The van der Waals surface area contributed by atoms with Crippen molar-refractivity contribution in [1.82, 2.24) is 0 Å². The van der Waals surface area contributed by atoms with Gasteiger partial charge in [0.1, 0.15) is 0 Å². The van der Waals surface area contributed by atoms with Gasteiger partial charge >= 0.3 is 0 Å². The minimum Gasteiger partial charge on any atom is -0.503 e. The highest BCUT2D eigenvalue weighted by Gasteiger charge is 2.26. The Kier molecular flexibility index (Phi) is 2.37. The molecule has 76 valence electrons. The molecule has 1 aliphatic rings. The molecule has 0 aliphatic carbocycles. The molecule has 15 heavy (non-hydrogen) atoms. The summed E-state index contributed by atoms with van der Waals surface area (Å²) in [5.74, 6) is -0.963. The SMILES string of the molecule is CC1=C(O)C(=O)C(c2ccccc2)C=N1. The Morgan fingerprint density at radius 2 is 1.93 bits per heavy atom. The van der Waals surface area contributed by atoms with E-state index in [1.165, 1.54) is 0 Å². The summed E-state index contributed by atoms with van der Waals surface area (Å²) in [6.07, 6.45) is 1.58. The van der Waals surface area contributed by atoms with E-state index in [0.717, 1.165) is 5.56 Å². The Bertz CT molecular complexity index is 446. The van der Waals surface area contributed by atoms with Gasteiger partial charge < -0.3 is 5.11 Å². The molecule has 0 saturated heterocycles. The predicted octanol–water partition coefficient (Wildman–Crippen LogP) is 2.21. The van der Waals surface area contributed by atoms with E-state index < -0.39 is 5.92 Å². The van der Waals surface area contributed by atoms with Crippen molar-refractivity contribution >= 4 is 12.0 Å². The lowest BCUT2D eigenvalue weighted by Crippen LogP contribution is -2.20. The number of Topliss-reactive ketones (excluding diaryl/α,β-unsaturated/α-hetero) is 1. The largest absolute Gasteiger partial charge is 0.503 e. The number of benzene rings is 1. The molecule has 0 spiro atoms. The molecule has 1 aliphatic heterocycles. The van der Waals surface area contributed by atoms with Crippen LogP contribution >= 0.6 is 0 Å². The van der Waals surface area contributed by atoms with Crippen LogP contribution in [0.25, 0.3) is 0 Å². The standard InChI is InChI=1S/C12H11NO2/c1-8-11(14)12(15)10(7-13-8)9-5-3-2-4-6-9/h2-7,10,14H,1H3. The van der Waals surface area contributed by atoms with E-state index in [9.17, 15) is 9.90 Å². The number of carbonyl (C=O) groups excluding carboxylic acids is 1. The van der Waals surface area contributed by atoms with Crippen LogP contribution in [0.2, 0.25) is 0 Å². The number of carbonyl (C=O) groups is 1. The van der Waals surface area contributed by atoms with Crippen LogP contribution in [0.3, 0.4) is 0 Å². The van der Waals surface area contributed by atoms with E-state index in [1.54, 1.807) is 13.1 Å². The maximum absolute atomic E-state index is 11.7. The molecule has 1 aromatic rings. The van der Waals surface area contributed by atoms with Gasteiger partial charge in [-0.15, -0.1) is 0 Å². The normalized spacial score (nSPS) is 20.9. The maximum Gasteiger partial charge on any atom is 0.211 e. The Balaban J connectivity index is 2.37. The van der Waals surface area contributed by atoms with E-state index in [1.807, 2.05) is 30.3 Å². The molecule has 0 saturated carbocycles. The minimum atomic E-state index is -0.449. The molecular weight excluding hydrogens is 190 g/mol. The zero-order valence-electron chi connectivity index (χ0n) is 8.34. The molecule has 0 fully saturated rings. The number of nitrogens with zero attached hydrogens (tertiary/aromatic N) is 1. The number of hydrogen-bond acceptors (Lipinski definition) is 3. The lowest BCUT2D eigenvalue weighted by atomic mass is 9.93. The van der Waals surface area contributed by atoms with Crippen molar-refractivity contribution in [3.63, 3.8) is 0 Å². The average molecular weight is 201 g/mol. The van der Waals surface area contributed by atoms with Crippen LogP contribution in [-0.2, 0) is 4.79 Å². The average Bonchev–Trinajstić information content (AvgIpc) is 2.27. The van der Waals surface area contributed by atoms with Gasteiger partial charge in [0.25, 0.3) is 0 Å². The second kappa shape index (κ2) is 3.69. The molecule has 1 heterocycles. The van der Waals surface area contributed by atoms with Crippen LogP contribution in [0.4, 0.5) is 0 Å². The van der Waals surface area contributed by atoms with Gasteiger partial charge in [-0.25, -0.2) is 0 Å². The summed E-state index contributed by atoms with van der Waals surface area (Å²) >= 11 is 0. The Morgan fingerprint density at radius 1 is 1.27 bits per heavy atom. The Hall–Kier alpha value is -1.90. The molecule has 2 rings (SSSR count). The fourth-order valence-electron chi connectivity index (χ4n) is 1.54. The zero-order valence-corrected chi connectivity index (χ0v) is 8.34. The third-order valence-corrected chi connectivity index (χ3v) is 2.43. The van der Waals surface area contributed by atoms with Gasteiger partial charge in [-0.3, -0.25) is 9.79 Å². The zero-order chi connectivity index (χ0) is 10.8. The summed E-state index contributed by atoms with van der Waals surface area (Å²) in [6.45, 7) is 1.62. The van der Waals surface area contributed by atoms with Crippen molar-refractivity contribution in [2.24, 2.45) is 4.99 Å². The second-order valence-corrected chi connectivity index (χ2v) is 3.46. The van der Waals surface area contributed by atoms with Gasteiger partial charge in [-0.1, -0.05) is 30.3 Å². The highest BCUT2D eigenvalue weighted by molar-refractivity contribution is 6.10. The van der Waals surface area contributed by atoms with Gasteiger partial charge in [0.05, 0.1) is 11.6 Å². The van der Waals surface area contributed by atoms with Gasteiger partial charge in [0, 0.05) is 6.21 Å².